The molecule has 1 aromatic heterocycles. The van der Waals surface area contributed by atoms with Gasteiger partial charge in [0.1, 0.15) is 0 Å². The highest BCUT2D eigenvalue weighted by atomic mass is 32.1. The molecule has 0 bridgehead atoms. The Hall–Kier alpha value is -1.61. The van der Waals surface area contributed by atoms with Crippen molar-refractivity contribution < 1.29 is 9.53 Å². The first-order chi connectivity index (χ1) is 9.84. The Morgan fingerprint density at radius 3 is 2.60 bits per heavy atom. The Morgan fingerprint density at radius 1 is 1.00 bits per heavy atom. The lowest BCUT2D eigenvalue weighted by Gasteiger charge is -2.04. The molecule has 1 aromatic carbocycles. The van der Waals surface area contributed by atoms with Crippen LogP contribution in [0, 0.1) is 0 Å². The molecule has 0 aliphatic carbocycles. The molecule has 0 atom stereocenters. The summed E-state index contributed by atoms with van der Waals surface area (Å²) in [6.07, 6.45) is 4.30. The monoisotopic (exact) mass is 288 g/mol. The average molecular weight is 288 g/mol. The highest BCUT2D eigenvalue weighted by molar-refractivity contribution is 7.07. The van der Waals surface area contributed by atoms with Gasteiger partial charge in [-0.2, -0.15) is 11.3 Å². The van der Waals surface area contributed by atoms with Gasteiger partial charge in [0.2, 0.25) is 0 Å². The summed E-state index contributed by atoms with van der Waals surface area (Å²) in [4.78, 5) is 11.6. The predicted molar refractivity (Wildman–Crippen MR) is 83.0 cm³/mol. The van der Waals surface area contributed by atoms with E-state index in [-0.39, 0.29) is 5.97 Å². The molecule has 1 heterocycles. The number of thiophene rings is 1. The van der Waals surface area contributed by atoms with Crippen LogP contribution in [0.1, 0.15) is 30.4 Å². The minimum Gasteiger partial charge on any atom is -0.465 e. The van der Waals surface area contributed by atoms with Gasteiger partial charge in [-0.25, -0.2) is 0 Å². The maximum Gasteiger partial charge on any atom is 0.305 e. The lowest BCUT2D eigenvalue weighted by atomic mass is 10.1. The first-order valence-corrected chi connectivity index (χ1v) is 7.99. The normalized spacial score (nSPS) is 10.4. The molecule has 0 radical (unpaired) electrons. The molecular formula is C17H20O2S. The third-order valence-corrected chi connectivity index (χ3v) is 3.91. The second kappa shape index (κ2) is 8.54. The van der Waals surface area contributed by atoms with Crippen LogP contribution in [0.2, 0.25) is 0 Å². The van der Waals surface area contributed by atoms with E-state index >= 15 is 0 Å². The highest BCUT2D eigenvalue weighted by Gasteiger charge is 2.03. The van der Waals surface area contributed by atoms with Crippen LogP contribution in [0.25, 0.3) is 0 Å². The van der Waals surface area contributed by atoms with Gasteiger partial charge >= 0.3 is 5.97 Å². The number of carbonyl (C=O) groups is 1. The Labute approximate surface area is 124 Å². The topological polar surface area (TPSA) is 26.3 Å². The molecule has 0 spiro atoms. The maximum atomic E-state index is 11.6. The van der Waals surface area contributed by atoms with Crippen LogP contribution < -0.4 is 0 Å². The second-order valence-electron chi connectivity index (χ2n) is 4.79. The van der Waals surface area contributed by atoms with Crippen molar-refractivity contribution in [2.24, 2.45) is 0 Å². The zero-order valence-electron chi connectivity index (χ0n) is 11.6. The molecule has 0 saturated heterocycles. The van der Waals surface area contributed by atoms with Crippen molar-refractivity contribution in [1.82, 2.24) is 0 Å². The van der Waals surface area contributed by atoms with Gasteiger partial charge in [0.15, 0.2) is 0 Å². The molecular weight excluding hydrogens is 268 g/mol. The number of benzene rings is 1. The van der Waals surface area contributed by atoms with E-state index in [1.54, 1.807) is 11.3 Å². The van der Waals surface area contributed by atoms with E-state index in [0.717, 1.165) is 25.7 Å². The molecule has 2 rings (SSSR count). The van der Waals surface area contributed by atoms with Gasteiger partial charge in [-0.15, -0.1) is 0 Å². The van der Waals surface area contributed by atoms with Gasteiger partial charge in [-0.1, -0.05) is 30.3 Å². The summed E-state index contributed by atoms with van der Waals surface area (Å²) in [6, 6.07) is 12.4. The molecule has 2 nitrogen and oxygen atoms in total. The van der Waals surface area contributed by atoms with Gasteiger partial charge in [0.25, 0.3) is 0 Å². The molecule has 0 N–H and O–H groups in total. The van der Waals surface area contributed by atoms with Crippen LogP contribution in [0.3, 0.4) is 0 Å². The first kappa shape index (κ1) is 14.8. The van der Waals surface area contributed by atoms with E-state index < -0.39 is 0 Å². The molecule has 20 heavy (non-hydrogen) atoms. The fourth-order valence-electron chi connectivity index (χ4n) is 2.03. The lowest BCUT2D eigenvalue weighted by molar-refractivity contribution is -0.143. The predicted octanol–water partition coefficient (Wildman–Crippen LogP) is 4.25. The van der Waals surface area contributed by atoms with Crippen LogP contribution >= 0.6 is 11.3 Å². The third-order valence-electron chi connectivity index (χ3n) is 3.17. The second-order valence-corrected chi connectivity index (χ2v) is 5.57. The Bertz CT molecular complexity index is 491. The summed E-state index contributed by atoms with van der Waals surface area (Å²) in [6.45, 7) is 0.494. The van der Waals surface area contributed by atoms with Gasteiger partial charge in [-0.05, 0) is 47.2 Å². The lowest BCUT2D eigenvalue weighted by Crippen LogP contribution is -2.07. The molecule has 0 aliphatic heterocycles. The summed E-state index contributed by atoms with van der Waals surface area (Å²) in [5.41, 5.74) is 2.57. The molecule has 0 aliphatic rings. The quantitative estimate of drug-likeness (QED) is 0.536. The fraction of sp³-hybridized carbons (Fsp3) is 0.353. The van der Waals surface area contributed by atoms with Crippen molar-refractivity contribution in [2.45, 2.75) is 32.1 Å². The fourth-order valence-corrected chi connectivity index (χ4v) is 2.74. The Morgan fingerprint density at radius 2 is 1.85 bits per heavy atom. The zero-order valence-corrected chi connectivity index (χ0v) is 12.4. The number of aryl methyl sites for hydroxylation is 1. The van der Waals surface area contributed by atoms with E-state index in [4.69, 9.17) is 4.74 Å². The van der Waals surface area contributed by atoms with E-state index in [1.807, 2.05) is 23.6 Å². The van der Waals surface area contributed by atoms with E-state index in [2.05, 4.69) is 23.6 Å². The molecule has 3 heteroatoms. The summed E-state index contributed by atoms with van der Waals surface area (Å²) in [7, 11) is 0. The van der Waals surface area contributed by atoms with Crippen LogP contribution in [0.5, 0.6) is 0 Å². The number of hydrogen-bond acceptors (Lipinski definition) is 3. The minimum absolute atomic E-state index is 0.0757. The molecule has 0 saturated carbocycles. The first-order valence-electron chi connectivity index (χ1n) is 7.05. The summed E-state index contributed by atoms with van der Waals surface area (Å²) in [5, 5.41) is 4.13. The molecule has 2 aromatic rings. The highest BCUT2D eigenvalue weighted by Crippen LogP contribution is 2.08. The number of hydrogen-bond donors (Lipinski definition) is 0. The van der Waals surface area contributed by atoms with E-state index in [1.165, 1.54) is 11.1 Å². The Balaban J connectivity index is 1.52. The minimum atomic E-state index is -0.0757. The smallest absolute Gasteiger partial charge is 0.305 e. The number of carbonyl (C=O) groups excluding carboxylic acids is 1. The molecule has 106 valence electrons. The van der Waals surface area contributed by atoms with Gasteiger partial charge in [0, 0.05) is 12.8 Å². The van der Waals surface area contributed by atoms with Crippen LogP contribution in [0.15, 0.2) is 47.2 Å². The van der Waals surface area contributed by atoms with E-state index in [9.17, 15) is 4.79 Å². The Kier molecular flexibility index (Phi) is 6.32. The summed E-state index contributed by atoms with van der Waals surface area (Å²) >= 11 is 1.67. The van der Waals surface area contributed by atoms with Crippen molar-refractivity contribution in [1.29, 1.82) is 0 Å². The van der Waals surface area contributed by atoms with Gasteiger partial charge in [0.05, 0.1) is 6.61 Å². The SMILES string of the molecule is O=C(CCCCc1ccccc1)OCCc1ccsc1. The number of ether oxygens (including phenoxy) is 1. The van der Waals surface area contributed by atoms with Gasteiger partial charge in [-0.3, -0.25) is 4.79 Å². The number of rotatable bonds is 8. The van der Waals surface area contributed by atoms with Crippen molar-refractivity contribution >= 4 is 17.3 Å². The number of unbranched alkanes of at least 4 members (excludes halogenated alkanes) is 1. The zero-order chi connectivity index (χ0) is 14.0. The van der Waals surface area contributed by atoms with Crippen LogP contribution in [-0.4, -0.2) is 12.6 Å². The third kappa shape index (κ3) is 5.57. The average Bonchev–Trinajstić information content (AvgIpc) is 2.98. The summed E-state index contributed by atoms with van der Waals surface area (Å²) < 4.78 is 5.23. The van der Waals surface area contributed by atoms with Crippen molar-refractivity contribution in [2.75, 3.05) is 6.61 Å². The number of esters is 1. The standard InChI is InChI=1S/C17H20O2S/c18-17(19-12-10-16-11-13-20-14-16)9-5-4-8-15-6-2-1-3-7-15/h1-3,6-7,11,13-14H,4-5,8-10,12H2. The maximum absolute atomic E-state index is 11.6. The van der Waals surface area contributed by atoms with Crippen molar-refractivity contribution in [3.63, 3.8) is 0 Å². The largest absolute Gasteiger partial charge is 0.465 e. The van der Waals surface area contributed by atoms with Crippen molar-refractivity contribution in [3.8, 4) is 0 Å². The molecule has 0 amide bonds. The van der Waals surface area contributed by atoms with Crippen LogP contribution in [-0.2, 0) is 22.4 Å². The van der Waals surface area contributed by atoms with E-state index in [0.29, 0.717) is 13.0 Å². The molecule has 0 unspecified atom stereocenters. The van der Waals surface area contributed by atoms with Crippen molar-refractivity contribution in [3.05, 3.63) is 58.3 Å². The molecule has 0 fully saturated rings. The summed E-state index contributed by atoms with van der Waals surface area (Å²) in [5.74, 6) is -0.0757. The van der Waals surface area contributed by atoms with Gasteiger partial charge < -0.3 is 4.74 Å². The van der Waals surface area contributed by atoms with Crippen LogP contribution in [0.4, 0.5) is 0 Å².